The van der Waals surface area contributed by atoms with Crippen LogP contribution in [0.15, 0.2) is 44.2 Å². The van der Waals surface area contributed by atoms with E-state index >= 15 is 0 Å². The molecule has 1 unspecified atom stereocenters. The largest absolute Gasteiger partial charge is 0.310 e. The van der Waals surface area contributed by atoms with E-state index in [1.54, 1.807) is 24.3 Å². The van der Waals surface area contributed by atoms with Gasteiger partial charge in [-0.3, -0.25) is 19.6 Å². The Morgan fingerprint density at radius 1 is 1.52 bits per heavy atom. The van der Waals surface area contributed by atoms with E-state index in [0.29, 0.717) is 9.37 Å². The first-order chi connectivity index (χ1) is 10.7. The van der Waals surface area contributed by atoms with Crippen molar-refractivity contribution in [3.8, 4) is 0 Å². The zero-order chi connectivity index (χ0) is 17.2. The monoisotopic (exact) mass is 400 g/mol. The van der Waals surface area contributed by atoms with Gasteiger partial charge in [0.2, 0.25) is 0 Å². The molecule has 2 aromatic rings. The van der Waals surface area contributed by atoms with Crippen molar-refractivity contribution in [3.05, 3.63) is 50.7 Å². The Hall–Kier alpha value is -2.07. The maximum atomic E-state index is 12.6. The molecule has 0 fully saturated rings. The van der Waals surface area contributed by atoms with Crippen molar-refractivity contribution < 1.29 is 13.9 Å². The molecule has 0 saturated heterocycles. The van der Waals surface area contributed by atoms with Crippen LogP contribution in [-0.4, -0.2) is 31.1 Å². The van der Waals surface area contributed by atoms with E-state index in [-0.39, 0.29) is 17.8 Å². The molecule has 2 rings (SSSR count). The molecule has 0 aliphatic rings. The molecule has 0 aliphatic carbocycles. The molecule has 0 saturated carbocycles. The van der Waals surface area contributed by atoms with Crippen molar-refractivity contribution in [1.29, 1.82) is 0 Å². The maximum absolute atomic E-state index is 12.6. The SMILES string of the molecule is Cn1cc([N+](=O)[O-])c(CC(=O)N=S(C)(=O)c2cccc(Br)c2)n1. The van der Waals surface area contributed by atoms with Gasteiger partial charge in [0.15, 0.2) is 0 Å². The number of nitrogens with zero attached hydrogens (tertiary/aromatic N) is 4. The molecule has 0 N–H and O–H groups in total. The highest BCUT2D eigenvalue weighted by molar-refractivity contribution is 9.10. The molecule has 1 aromatic carbocycles. The highest BCUT2D eigenvalue weighted by Crippen LogP contribution is 2.20. The van der Waals surface area contributed by atoms with E-state index in [9.17, 15) is 19.1 Å². The molecule has 0 bridgehead atoms. The summed E-state index contributed by atoms with van der Waals surface area (Å²) in [5, 5.41) is 14.8. The van der Waals surface area contributed by atoms with Gasteiger partial charge in [0.25, 0.3) is 5.91 Å². The maximum Gasteiger partial charge on any atom is 0.310 e. The molecule has 1 aromatic heterocycles. The normalized spacial score (nSPS) is 13.3. The zero-order valence-electron chi connectivity index (χ0n) is 12.3. The van der Waals surface area contributed by atoms with Gasteiger partial charge in [-0.05, 0) is 18.2 Å². The van der Waals surface area contributed by atoms with Crippen LogP contribution in [0.25, 0.3) is 0 Å². The van der Waals surface area contributed by atoms with Gasteiger partial charge in [0.1, 0.15) is 11.9 Å². The number of halogens is 1. The van der Waals surface area contributed by atoms with Crippen LogP contribution in [-0.2, 0) is 28.0 Å². The van der Waals surface area contributed by atoms with E-state index < -0.39 is 20.6 Å². The average molecular weight is 401 g/mol. The Labute approximate surface area is 141 Å². The third kappa shape index (κ3) is 4.23. The van der Waals surface area contributed by atoms with Crippen LogP contribution in [0.5, 0.6) is 0 Å². The Bertz CT molecular complexity index is 899. The summed E-state index contributed by atoms with van der Waals surface area (Å²) in [5.41, 5.74) is -0.267. The van der Waals surface area contributed by atoms with Crippen LogP contribution < -0.4 is 0 Å². The lowest BCUT2D eigenvalue weighted by atomic mass is 10.3. The topological polar surface area (TPSA) is 107 Å². The van der Waals surface area contributed by atoms with Crippen molar-refractivity contribution in [2.45, 2.75) is 11.3 Å². The predicted molar refractivity (Wildman–Crippen MR) is 87.5 cm³/mol. The molecule has 1 amide bonds. The second kappa shape index (κ2) is 6.59. The van der Waals surface area contributed by atoms with Gasteiger partial charge < -0.3 is 0 Å². The third-order valence-electron chi connectivity index (χ3n) is 2.91. The first kappa shape index (κ1) is 17.3. The summed E-state index contributed by atoms with van der Waals surface area (Å²) in [5.74, 6) is -0.723. The second-order valence-corrected chi connectivity index (χ2v) is 7.99. The average Bonchev–Trinajstić information content (AvgIpc) is 2.79. The van der Waals surface area contributed by atoms with E-state index in [0.717, 1.165) is 0 Å². The number of hydrogen-bond donors (Lipinski definition) is 0. The number of nitro groups is 1. The van der Waals surface area contributed by atoms with Crippen LogP contribution >= 0.6 is 15.9 Å². The zero-order valence-corrected chi connectivity index (χ0v) is 14.7. The van der Waals surface area contributed by atoms with Crippen molar-refractivity contribution in [1.82, 2.24) is 9.78 Å². The van der Waals surface area contributed by atoms with E-state index in [2.05, 4.69) is 25.4 Å². The summed E-state index contributed by atoms with van der Waals surface area (Å²) in [6.45, 7) is 0. The van der Waals surface area contributed by atoms with Crippen LogP contribution in [0, 0.1) is 10.1 Å². The number of carbonyl (C=O) groups is 1. The van der Waals surface area contributed by atoms with Crippen molar-refractivity contribution in [2.24, 2.45) is 11.4 Å². The van der Waals surface area contributed by atoms with Crippen LogP contribution in [0.1, 0.15) is 5.69 Å². The molecule has 0 radical (unpaired) electrons. The fraction of sp³-hybridized carbons (Fsp3) is 0.231. The Morgan fingerprint density at radius 3 is 2.83 bits per heavy atom. The highest BCUT2D eigenvalue weighted by Gasteiger charge is 2.21. The standard InChI is InChI=1S/C13H13BrN4O4S/c1-17-8-12(18(20)21)11(15-17)7-13(19)16-23(2,22)10-5-3-4-9(14)6-10/h3-6,8H,7H2,1-2H3. The molecule has 122 valence electrons. The predicted octanol–water partition coefficient (Wildman–Crippen LogP) is 2.32. The number of carbonyl (C=O) groups excluding carboxylic acids is 1. The lowest BCUT2D eigenvalue weighted by Crippen LogP contribution is -2.07. The molecule has 8 nitrogen and oxygen atoms in total. The van der Waals surface area contributed by atoms with Gasteiger partial charge in [0.05, 0.1) is 21.1 Å². The summed E-state index contributed by atoms with van der Waals surface area (Å²) in [7, 11) is -1.42. The first-order valence-corrected chi connectivity index (χ1v) is 9.08. The van der Waals surface area contributed by atoms with Crippen LogP contribution in [0.3, 0.4) is 0 Å². The van der Waals surface area contributed by atoms with Gasteiger partial charge >= 0.3 is 5.69 Å². The van der Waals surface area contributed by atoms with Crippen LogP contribution in [0.2, 0.25) is 0 Å². The molecular weight excluding hydrogens is 388 g/mol. The van der Waals surface area contributed by atoms with Crippen LogP contribution in [0.4, 0.5) is 5.69 Å². The Kier molecular flexibility index (Phi) is 4.95. The van der Waals surface area contributed by atoms with E-state index in [4.69, 9.17) is 0 Å². The number of aromatic nitrogens is 2. The van der Waals surface area contributed by atoms with Gasteiger partial charge in [-0.2, -0.15) is 9.46 Å². The lowest BCUT2D eigenvalue weighted by Gasteiger charge is -2.04. The third-order valence-corrected chi connectivity index (χ3v) is 5.08. The summed E-state index contributed by atoms with van der Waals surface area (Å²) in [6.07, 6.45) is 2.18. The summed E-state index contributed by atoms with van der Waals surface area (Å²) >= 11 is 3.26. The summed E-state index contributed by atoms with van der Waals surface area (Å²) in [6, 6.07) is 6.67. The molecule has 23 heavy (non-hydrogen) atoms. The van der Waals surface area contributed by atoms with Crippen molar-refractivity contribution in [2.75, 3.05) is 6.26 Å². The molecule has 10 heteroatoms. The first-order valence-electron chi connectivity index (χ1n) is 6.36. The van der Waals surface area contributed by atoms with Crippen molar-refractivity contribution in [3.63, 3.8) is 0 Å². The number of hydrogen-bond acceptors (Lipinski definition) is 5. The van der Waals surface area contributed by atoms with Gasteiger partial charge in [-0.25, -0.2) is 4.21 Å². The Morgan fingerprint density at radius 2 is 2.22 bits per heavy atom. The molecule has 0 aliphatic heterocycles. The minimum atomic E-state index is -2.94. The second-order valence-electron chi connectivity index (χ2n) is 4.81. The van der Waals surface area contributed by atoms with Gasteiger partial charge in [-0.15, -0.1) is 0 Å². The minimum absolute atomic E-state index is 0.00399. The molecule has 1 atom stereocenters. The molecule has 1 heterocycles. The number of rotatable bonds is 4. The number of benzene rings is 1. The Balaban J connectivity index is 2.31. The van der Waals surface area contributed by atoms with E-state index in [1.165, 1.54) is 24.2 Å². The summed E-state index contributed by atoms with van der Waals surface area (Å²) in [4.78, 5) is 22.7. The van der Waals surface area contributed by atoms with Crippen molar-refractivity contribution >= 4 is 37.3 Å². The smallest absolute Gasteiger partial charge is 0.271 e. The highest BCUT2D eigenvalue weighted by atomic mass is 79.9. The fourth-order valence-corrected chi connectivity index (χ4v) is 3.71. The number of amides is 1. The lowest BCUT2D eigenvalue weighted by molar-refractivity contribution is -0.385. The number of aryl methyl sites for hydroxylation is 1. The quantitative estimate of drug-likeness (QED) is 0.577. The minimum Gasteiger partial charge on any atom is -0.271 e. The fourth-order valence-electron chi connectivity index (χ4n) is 1.93. The molecule has 0 spiro atoms. The summed E-state index contributed by atoms with van der Waals surface area (Å²) < 4.78 is 18.3. The molecular formula is C13H13BrN4O4S. The van der Waals surface area contributed by atoms with Gasteiger partial charge in [0, 0.05) is 22.7 Å². The van der Waals surface area contributed by atoms with E-state index in [1.807, 2.05) is 0 Å². The van der Waals surface area contributed by atoms with Gasteiger partial charge in [-0.1, -0.05) is 22.0 Å².